The summed E-state index contributed by atoms with van der Waals surface area (Å²) in [6.45, 7) is -5.12. The zero-order valence-corrected chi connectivity index (χ0v) is 49.1. The molecule has 30 atom stereocenters. The Bertz CT molecular complexity index is 2820. The predicted molar refractivity (Wildman–Crippen MR) is 262 cm³/mol. The Hall–Kier alpha value is -1.61. The number of ether oxygens (including phenoxy) is 11. The van der Waals surface area contributed by atoms with Crippen molar-refractivity contribution < 1.29 is 204 Å². The number of hydrogen-bond acceptors (Lipinski definition) is 39. The van der Waals surface area contributed by atoms with E-state index in [2.05, 4.69) is 16.7 Å². The van der Waals surface area contributed by atoms with Crippen LogP contribution in [0.15, 0.2) is 0 Å². The van der Waals surface area contributed by atoms with E-state index < -0.39 is 282 Å². The summed E-state index contributed by atoms with van der Waals surface area (Å²) in [6.07, 6.45) is -57.2. The molecule has 0 saturated carbocycles. The van der Waals surface area contributed by atoms with Crippen molar-refractivity contribution >= 4 is 52.0 Å². The van der Waals surface area contributed by atoms with Gasteiger partial charge in [-0.3, -0.25) is 22.8 Å². The third kappa shape index (κ3) is 19.7. The summed E-state index contributed by atoms with van der Waals surface area (Å²) in [5.74, 6) is -5.19. The third-order valence-electron chi connectivity index (χ3n) is 14.5. The lowest BCUT2D eigenvalue weighted by Gasteiger charge is -2.46. The number of hydrogen-bond donors (Lipinski definition) is 18. The molecule has 6 rings (SSSR count). The summed E-state index contributed by atoms with van der Waals surface area (Å²) in [5, 5.41) is 140. The molecule has 6 fully saturated rings. The van der Waals surface area contributed by atoms with Gasteiger partial charge in [0.05, 0.1) is 70.7 Å². The summed E-state index contributed by atoms with van der Waals surface area (Å²) < 4.78 is 248. The monoisotopic (exact) mass is 1400 g/mol. The highest BCUT2D eigenvalue weighted by Crippen LogP contribution is 2.37. The number of rotatable bonds is 27. The molecule has 6 heterocycles. The molecule has 0 aromatic rings. The summed E-state index contributed by atoms with van der Waals surface area (Å²) >= 11 is 0. The van der Waals surface area contributed by atoms with Gasteiger partial charge in [0.1, 0.15) is 104 Å². The van der Waals surface area contributed by atoms with Crippen LogP contribution in [0.25, 0.3) is 0 Å². The Kier molecular flexibility index (Phi) is 26.1. The van der Waals surface area contributed by atoms with Gasteiger partial charge in [-0.1, -0.05) is 0 Å². The molecule has 6 saturated heterocycles. The van der Waals surface area contributed by atoms with E-state index in [0.29, 0.717) is 0 Å². The van der Waals surface area contributed by atoms with Gasteiger partial charge >= 0.3 is 52.0 Å². The molecule has 6 aliphatic rings. The maximum Gasteiger partial charge on any atom is 0.397 e. The Morgan fingerprint density at radius 1 is 0.295 bits per heavy atom. The molecule has 6 aliphatic heterocycles. The van der Waals surface area contributed by atoms with Crippen molar-refractivity contribution in [3.05, 3.63) is 0 Å². The van der Waals surface area contributed by atoms with E-state index in [4.69, 9.17) is 60.8 Å². The second-order valence-electron chi connectivity index (χ2n) is 20.5. The van der Waals surface area contributed by atoms with Crippen molar-refractivity contribution in [2.24, 2.45) is 17.8 Å². The van der Waals surface area contributed by atoms with Crippen molar-refractivity contribution in [2.45, 2.75) is 180 Å². The van der Waals surface area contributed by atoms with Crippen molar-refractivity contribution in [1.82, 2.24) is 0 Å². The lowest BCUT2D eigenvalue weighted by Crippen LogP contribution is -2.63. The molecule has 44 nitrogen and oxygen atoms in total. The van der Waals surface area contributed by atoms with Crippen molar-refractivity contribution in [2.75, 3.05) is 46.2 Å². The van der Waals surface area contributed by atoms with Gasteiger partial charge in [-0.25, -0.2) is 20.9 Å². The molecule has 0 aliphatic carbocycles. The molecule has 0 radical (unpaired) electrons. The minimum atomic E-state index is -5.65. The lowest BCUT2D eigenvalue weighted by molar-refractivity contribution is -0.340. The first-order chi connectivity index (χ1) is 40.5. The fraction of sp³-hybridized carbons (Fsp3) is 1.00. The highest BCUT2D eigenvalue weighted by Gasteiger charge is 2.56. The van der Waals surface area contributed by atoms with E-state index in [1.54, 1.807) is 0 Å². The second-order valence-corrected chi connectivity index (χ2v) is 25.7. The van der Waals surface area contributed by atoms with Gasteiger partial charge in [-0.05, 0) is 13.8 Å². The molecular formula is C39H68O44S5. The van der Waals surface area contributed by atoms with Gasteiger partial charge in [0.2, 0.25) is 0 Å². The fourth-order valence-electron chi connectivity index (χ4n) is 10.1. The van der Waals surface area contributed by atoms with Crippen LogP contribution >= 0.6 is 0 Å². The van der Waals surface area contributed by atoms with Crippen LogP contribution in [0.5, 0.6) is 0 Å². The van der Waals surface area contributed by atoms with Crippen molar-refractivity contribution in [3.63, 3.8) is 0 Å². The Morgan fingerprint density at radius 2 is 0.602 bits per heavy atom. The van der Waals surface area contributed by atoms with E-state index in [-0.39, 0.29) is 0 Å². The van der Waals surface area contributed by atoms with Crippen LogP contribution in [-0.2, 0) is 125 Å². The molecule has 49 heteroatoms. The van der Waals surface area contributed by atoms with Gasteiger partial charge in [0.25, 0.3) is 0 Å². The smallest absolute Gasteiger partial charge is 0.394 e. The minimum Gasteiger partial charge on any atom is -0.394 e. The maximum absolute atomic E-state index is 12.1. The number of aliphatic hydroxyl groups is 13. The van der Waals surface area contributed by atoms with Crippen LogP contribution in [0.4, 0.5) is 0 Å². The van der Waals surface area contributed by atoms with Crippen LogP contribution in [0.3, 0.4) is 0 Å². The third-order valence-corrected chi connectivity index (χ3v) is 16.8. The van der Waals surface area contributed by atoms with Gasteiger partial charge in [-0.15, -0.1) is 0 Å². The van der Waals surface area contributed by atoms with Crippen LogP contribution < -0.4 is 0 Å². The van der Waals surface area contributed by atoms with Gasteiger partial charge in [0, 0.05) is 17.8 Å². The molecule has 12 unspecified atom stereocenters. The molecule has 0 amide bonds. The van der Waals surface area contributed by atoms with Gasteiger partial charge < -0.3 is 118 Å². The zero-order chi connectivity index (χ0) is 66.1. The second kappa shape index (κ2) is 30.4. The highest BCUT2D eigenvalue weighted by atomic mass is 32.3. The summed E-state index contributed by atoms with van der Waals surface area (Å²) in [4.78, 5) is 0. The summed E-state index contributed by atoms with van der Waals surface area (Å²) in [5.41, 5.74) is 0. The van der Waals surface area contributed by atoms with E-state index in [0.717, 1.165) is 0 Å². The topological polar surface area (TPSA) is 683 Å². The first kappa shape index (κ1) is 75.4. The fourth-order valence-corrected chi connectivity index (χ4v) is 12.7. The Balaban J connectivity index is 1.18. The minimum absolute atomic E-state index is 0.842. The van der Waals surface area contributed by atoms with Crippen LogP contribution in [0.1, 0.15) is 13.8 Å². The van der Waals surface area contributed by atoms with Crippen LogP contribution in [0.2, 0.25) is 0 Å². The predicted octanol–water partition coefficient (Wildman–Crippen LogP) is -12.2. The van der Waals surface area contributed by atoms with Crippen molar-refractivity contribution in [1.29, 1.82) is 0 Å². The lowest BCUT2D eigenvalue weighted by atomic mass is 9.88. The van der Waals surface area contributed by atoms with Crippen LogP contribution in [-0.4, -0.2) is 343 Å². The molecular weight excluding hydrogens is 1330 g/mol. The van der Waals surface area contributed by atoms with E-state index >= 15 is 0 Å². The Morgan fingerprint density at radius 3 is 1.05 bits per heavy atom. The largest absolute Gasteiger partial charge is 0.397 e. The molecule has 0 spiro atoms. The average Bonchev–Trinajstić information content (AvgIpc) is 2.26. The zero-order valence-electron chi connectivity index (χ0n) is 45.0. The van der Waals surface area contributed by atoms with Gasteiger partial charge in [0.15, 0.2) is 37.7 Å². The molecule has 518 valence electrons. The maximum atomic E-state index is 12.1. The standard InChI is InChI=1S/C39H68O44S5/c1-10-12(5-68-37-26(49)31(81-86(59,60)61)19(42)11(2)74-37)29(79-84(53,54)55)25(48)36(73-10)70-7-14-20(43)15(3-40)76-35(21(14)44)69-6-13-17(75-34(52)24(47)30(13)80-85(56,57)58)8-71-39-28(51)33(83-88(65,66)67)23(46)18(78-39)9-72-38-27(50)32(82-87(62,63)64)22(45)16(4-41)77-38/h10-52H,3-9H2,1-2H3,(H,53,54,55)(H,56,57,58)(H,59,60,61)(H,62,63,64)(H,65,66,67)/t10?,11?,12-,13+,14-,15?,16?,17?,18?,19-,20-,21?,22+,23+,24?,25?,26?,27?,28?,29+,30-,31+,32-,33-,34-,35-,36-,37-,38-,39-/m1/s1. The number of aliphatic hydroxyl groups excluding tert-OH is 13. The average molecular weight is 1400 g/mol. The van der Waals surface area contributed by atoms with E-state index in [1.807, 2.05) is 0 Å². The Labute approximate surface area is 498 Å². The molecule has 18 N–H and O–H groups in total. The molecule has 0 aromatic heterocycles. The quantitative estimate of drug-likeness (QED) is 0.0340. The normalized spacial score (nSPS) is 44.4. The van der Waals surface area contributed by atoms with E-state index in [9.17, 15) is 127 Å². The molecule has 88 heavy (non-hydrogen) atoms. The summed E-state index contributed by atoms with van der Waals surface area (Å²) in [7, 11) is -27.5. The van der Waals surface area contributed by atoms with Crippen molar-refractivity contribution in [3.8, 4) is 0 Å². The first-order valence-electron chi connectivity index (χ1n) is 25.5. The highest BCUT2D eigenvalue weighted by molar-refractivity contribution is 7.81. The SMILES string of the molecule is CC1O[C@@H](OC[C@@H]2C(C)O[C@@H](OC[C@H]3C(O)[C@H](OC[C@H]4C(CO[C@@H]5OC(CO[C@@H]6OC(CO)[C@H](O)[C@@H](OS(=O)(=O)O)C6O)[C@H](O)[C@@H](OS(=O)(=O)O)C5O)O[C@@H](O)C(O)[C@@H]4OS(=O)(=O)O)OC(CO)[C@@H]3O)C(O)[C@H]2OS(=O)(=O)O)C(O)[C@@H](OS(=O)(=O)O)[C@@H]1O. The molecule has 0 aromatic carbocycles. The van der Waals surface area contributed by atoms with Gasteiger partial charge in [-0.2, -0.15) is 42.1 Å². The summed E-state index contributed by atoms with van der Waals surface area (Å²) in [6, 6.07) is 0. The first-order valence-corrected chi connectivity index (χ1v) is 32.4. The molecule has 0 bridgehead atoms. The van der Waals surface area contributed by atoms with Crippen LogP contribution in [0, 0.1) is 17.8 Å². The van der Waals surface area contributed by atoms with E-state index in [1.165, 1.54) is 13.8 Å².